The van der Waals surface area contributed by atoms with Gasteiger partial charge in [0.2, 0.25) is 0 Å². The highest BCUT2D eigenvalue weighted by Gasteiger charge is 2.22. The van der Waals surface area contributed by atoms with Crippen LogP contribution in [0.1, 0.15) is 0 Å². The molecule has 13 aromatic rings. The van der Waals surface area contributed by atoms with Crippen LogP contribution in [0.25, 0.3) is 132 Å². The van der Waals surface area contributed by atoms with E-state index in [1.165, 1.54) is 132 Å². The molecule has 0 N–H and O–H groups in total. The molecule has 0 saturated carbocycles. The van der Waals surface area contributed by atoms with Crippen LogP contribution < -0.4 is 0 Å². The number of fused-ring (bicyclic) bond motifs is 5. The zero-order chi connectivity index (χ0) is 45.0. The van der Waals surface area contributed by atoms with Gasteiger partial charge < -0.3 is 0 Å². The predicted octanol–water partition coefficient (Wildman–Crippen LogP) is 19.1. The first-order chi connectivity index (χ1) is 33.8. The minimum absolute atomic E-state index is 1.19. The van der Waals surface area contributed by atoms with Gasteiger partial charge in [0.1, 0.15) is 0 Å². The maximum Gasteiger partial charge on any atom is -0.00201 e. The molecule has 0 aliphatic heterocycles. The molecule has 0 aliphatic rings. The summed E-state index contributed by atoms with van der Waals surface area (Å²) in [4.78, 5) is 0. The highest BCUT2D eigenvalue weighted by molar-refractivity contribution is 6.25. The van der Waals surface area contributed by atoms with E-state index in [-0.39, 0.29) is 0 Å². The van der Waals surface area contributed by atoms with Crippen LogP contribution in [0.5, 0.6) is 0 Å². The lowest BCUT2D eigenvalue weighted by molar-refractivity contribution is 1.60. The van der Waals surface area contributed by atoms with E-state index in [1.807, 2.05) is 0 Å². The molecule has 13 rings (SSSR count). The number of hydrogen-bond acceptors (Lipinski definition) is 0. The van der Waals surface area contributed by atoms with Crippen LogP contribution in [-0.4, -0.2) is 0 Å². The molecular formula is C68H44. The van der Waals surface area contributed by atoms with Crippen molar-refractivity contribution in [2.45, 2.75) is 0 Å². The summed E-state index contributed by atoms with van der Waals surface area (Å²) in [6, 6.07) is 98.4. The zero-order valence-corrected chi connectivity index (χ0v) is 37.4. The highest BCUT2D eigenvalue weighted by atomic mass is 14.2. The Bertz CT molecular complexity index is 3990. The van der Waals surface area contributed by atoms with Gasteiger partial charge in [0.25, 0.3) is 0 Å². The molecule has 0 fully saturated rings. The fraction of sp³-hybridized carbons (Fsp3) is 0. The quantitative estimate of drug-likeness (QED) is 0.140. The van der Waals surface area contributed by atoms with Gasteiger partial charge in [-0.05, 0) is 150 Å². The second kappa shape index (κ2) is 16.5. The van der Waals surface area contributed by atoms with Crippen molar-refractivity contribution in [3.05, 3.63) is 267 Å². The Morgan fingerprint density at radius 1 is 0.132 bits per heavy atom. The SMILES string of the molecule is c1ccc(-c2cccc(-c3c4ccccc4c(-c4cccc(-c5ccccc5)c4)c4cc(-c5ccc(-c6c7ccccc7c(-c7ccccc7)c7ccccc67)c6ccccc56)ccc34)c2)cc1. The van der Waals surface area contributed by atoms with Crippen LogP contribution in [0, 0.1) is 0 Å². The minimum Gasteiger partial charge on any atom is -0.0622 e. The molecule has 0 heteroatoms. The monoisotopic (exact) mass is 860 g/mol. The van der Waals surface area contributed by atoms with Crippen LogP contribution >= 0.6 is 0 Å². The molecule has 0 aliphatic carbocycles. The molecule has 0 aromatic heterocycles. The molecule has 13 aromatic carbocycles. The van der Waals surface area contributed by atoms with Crippen molar-refractivity contribution >= 4 is 53.9 Å². The third-order valence-corrected chi connectivity index (χ3v) is 14.0. The number of benzene rings is 13. The van der Waals surface area contributed by atoms with Crippen molar-refractivity contribution in [3.8, 4) is 77.9 Å². The molecule has 0 nitrogen and oxygen atoms in total. The van der Waals surface area contributed by atoms with E-state index in [0.717, 1.165) is 0 Å². The molecule has 0 atom stereocenters. The summed E-state index contributed by atoms with van der Waals surface area (Å²) < 4.78 is 0. The van der Waals surface area contributed by atoms with E-state index >= 15 is 0 Å². The van der Waals surface area contributed by atoms with Crippen molar-refractivity contribution in [2.24, 2.45) is 0 Å². The van der Waals surface area contributed by atoms with E-state index in [9.17, 15) is 0 Å². The smallest absolute Gasteiger partial charge is 0.00201 e. The van der Waals surface area contributed by atoms with E-state index in [4.69, 9.17) is 0 Å². The third kappa shape index (κ3) is 6.61. The lowest BCUT2D eigenvalue weighted by Gasteiger charge is -2.21. The Kier molecular flexibility index (Phi) is 9.62. The Labute approximate surface area is 396 Å². The first-order valence-corrected chi connectivity index (χ1v) is 23.6. The maximum atomic E-state index is 2.47. The Hall–Kier alpha value is -8.84. The second-order valence-electron chi connectivity index (χ2n) is 17.9. The predicted molar refractivity (Wildman–Crippen MR) is 292 cm³/mol. The van der Waals surface area contributed by atoms with Crippen molar-refractivity contribution in [1.82, 2.24) is 0 Å². The third-order valence-electron chi connectivity index (χ3n) is 14.0. The molecule has 0 spiro atoms. The maximum absolute atomic E-state index is 2.47. The Morgan fingerprint density at radius 2 is 0.456 bits per heavy atom. The molecule has 0 saturated heterocycles. The van der Waals surface area contributed by atoms with Crippen molar-refractivity contribution in [2.75, 3.05) is 0 Å². The Morgan fingerprint density at radius 3 is 0.941 bits per heavy atom. The largest absolute Gasteiger partial charge is 0.0622 e. The van der Waals surface area contributed by atoms with Gasteiger partial charge in [0, 0.05) is 0 Å². The van der Waals surface area contributed by atoms with Gasteiger partial charge in [-0.2, -0.15) is 0 Å². The summed E-state index contributed by atoms with van der Waals surface area (Å²) in [5.41, 5.74) is 17.2. The summed E-state index contributed by atoms with van der Waals surface area (Å²) in [6.07, 6.45) is 0. The van der Waals surface area contributed by atoms with Gasteiger partial charge in [-0.1, -0.05) is 249 Å². The van der Waals surface area contributed by atoms with Crippen molar-refractivity contribution in [3.63, 3.8) is 0 Å². The topological polar surface area (TPSA) is 0 Å². The van der Waals surface area contributed by atoms with E-state index < -0.39 is 0 Å². The first kappa shape index (κ1) is 39.5. The highest BCUT2D eigenvalue weighted by Crippen LogP contribution is 2.49. The molecule has 316 valence electrons. The standard InChI is InChI=1S/C68H44/c1-4-20-45(21-5-1)48-26-18-28-51(42-48)66-56-32-12-13-33-57(56)67(52-29-19-27-49(43-52)46-22-6-2-7-23-46)64-44-50(38-39-63(64)66)53-40-41-62(55-31-11-10-30-54(53)55)68-60-36-16-14-34-58(60)65(47-24-8-3-9-25-47)59-35-15-17-37-61(59)68/h1-44H. The number of hydrogen-bond donors (Lipinski definition) is 0. The number of rotatable bonds is 7. The van der Waals surface area contributed by atoms with Gasteiger partial charge in [-0.15, -0.1) is 0 Å². The molecular weight excluding hydrogens is 817 g/mol. The fourth-order valence-corrected chi connectivity index (χ4v) is 11.0. The van der Waals surface area contributed by atoms with E-state index in [2.05, 4.69) is 267 Å². The van der Waals surface area contributed by atoms with Gasteiger partial charge >= 0.3 is 0 Å². The van der Waals surface area contributed by atoms with E-state index in [1.54, 1.807) is 0 Å². The van der Waals surface area contributed by atoms with Crippen molar-refractivity contribution in [1.29, 1.82) is 0 Å². The average Bonchev–Trinajstić information content (AvgIpc) is 3.42. The first-order valence-electron chi connectivity index (χ1n) is 23.6. The summed E-state index contributed by atoms with van der Waals surface area (Å²) in [6.45, 7) is 0. The summed E-state index contributed by atoms with van der Waals surface area (Å²) >= 11 is 0. The molecule has 0 unspecified atom stereocenters. The fourth-order valence-electron chi connectivity index (χ4n) is 11.0. The van der Waals surface area contributed by atoms with Gasteiger partial charge in [0.15, 0.2) is 0 Å². The van der Waals surface area contributed by atoms with E-state index in [0.29, 0.717) is 0 Å². The van der Waals surface area contributed by atoms with Crippen molar-refractivity contribution < 1.29 is 0 Å². The van der Waals surface area contributed by atoms with Crippen LogP contribution in [-0.2, 0) is 0 Å². The molecule has 0 amide bonds. The lowest BCUT2D eigenvalue weighted by atomic mass is 9.82. The van der Waals surface area contributed by atoms with Crippen LogP contribution in [0.15, 0.2) is 267 Å². The lowest BCUT2D eigenvalue weighted by Crippen LogP contribution is -1.94. The Balaban J connectivity index is 1.07. The molecule has 0 bridgehead atoms. The molecule has 68 heavy (non-hydrogen) atoms. The average molecular weight is 861 g/mol. The van der Waals surface area contributed by atoms with Gasteiger partial charge in [-0.25, -0.2) is 0 Å². The molecule has 0 radical (unpaired) electrons. The molecule has 0 heterocycles. The normalized spacial score (nSPS) is 11.5. The van der Waals surface area contributed by atoms with Gasteiger partial charge in [0.05, 0.1) is 0 Å². The second-order valence-corrected chi connectivity index (χ2v) is 17.9. The van der Waals surface area contributed by atoms with Crippen LogP contribution in [0.4, 0.5) is 0 Å². The minimum atomic E-state index is 1.19. The van der Waals surface area contributed by atoms with Gasteiger partial charge in [-0.3, -0.25) is 0 Å². The summed E-state index contributed by atoms with van der Waals surface area (Å²) in [7, 11) is 0. The summed E-state index contributed by atoms with van der Waals surface area (Å²) in [5, 5.41) is 12.4. The summed E-state index contributed by atoms with van der Waals surface area (Å²) in [5.74, 6) is 0. The van der Waals surface area contributed by atoms with Crippen LogP contribution in [0.3, 0.4) is 0 Å². The zero-order valence-electron chi connectivity index (χ0n) is 37.4. The van der Waals surface area contributed by atoms with Crippen LogP contribution in [0.2, 0.25) is 0 Å².